The standard InChI is InChI=1S/C23H14Br2N2O/c24-21-8-3-17(4-9-21)15-28-23-10-5-18(12-22(23)25)11-20(14-27)19-6-1-16(13-26)2-7-19/h1-12H,15H2/b20-11-. The van der Waals surface area contributed by atoms with Gasteiger partial charge in [0, 0.05) is 4.47 Å². The lowest BCUT2D eigenvalue weighted by Gasteiger charge is -2.09. The van der Waals surface area contributed by atoms with Gasteiger partial charge in [0.05, 0.1) is 27.7 Å². The number of nitriles is 2. The summed E-state index contributed by atoms with van der Waals surface area (Å²) in [5, 5.41) is 18.4. The summed E-state index contributed by atoms with van der Waals surface area (Å²) in [6.07, 6.45) is 1.81. The topological polar surface area (TPSA) is 56.8 Å². The van der Waals surface area contributed by atoms with Gasteiger partial charge in [0.25, 0.3) is 0 Å². The van der Waals surface area contributed by atoms with E-state index in [0.29, 0.717) is 17.7 Å². The van der Waals surface area contributed by atoms with Crippen LogP contribution in [0.4, 0.5) is 0 Å². The Morgan fingerprint density at radius 3 is 2.25 bits per heavy atom. The zero-order chi connectivity index (χ0) is 19.9. The fourth-order valence-corrected chi connectivity index (χ4v) is 3.31. The van der Waals surface area contributed by atoms with E-state index in [1.54, 1.807) is 24.3 Å². The Kier molecular flexibility index (Phi) is 6.66. The van der Waals surface area contributed by atoms with Crippen molar-refractivity contribution in [2.45, 2.75) is 6.61 Å². The first-order valence-electron chi connectivity index (χ1n) is 8.38. The van der Waals surface area contributed by atoms with E-state index in [1.165, 1.54) is 0 Å². The summed E-state index contributed by atoms with van der Waals surface area (Å²) in [6.45, 7) is 0.468. The number of hydrogen-bond acceptors (Lipinski definition) is 3. The Hall–Kier alpha value is -2.86. The molecular formula is C23H14Br2N2O. The minimum absolute atomic E-state index is 0.468. The Morgan fingerprint density at radius 2 is 1.64 bits per heavy atom. The van der Waals surface area contributed by atoms with Crippen LogP contribution in [0.1, 0.15) is 22.3 Å². The van der Waals surface area contributed by atoms with Gasteiger partial charge < -0.3 is 4.74 Å². The molecule has 5 heteroatoms. The van der Waals surface area contributed by atoms with Crippen LogP contribution in [-0.2, 0) is 6.61 Å². The van der Waals surface area contributed by atoms with Crippen LogP contribution in [0, 0.1) is 22.7 Å². The molecule has 0 bridgehead atoms. The van der Waals surface area contributed by atoms with Gasteiger partial charge in [-0.25, -0.2) is 0 Å². The highest BCUT2D eigenvalue weighted by molar-refractivity contribution is 9.10. The van der Waals surface area contributed by atoms with E-state index in [1.807, 2.05) is 48.5 Å². The molecule has 0 saturated heterocycles. The molecule has 136 valence electrons. The maximum Gasteiger partial charge on any atom is 0.134 e. The zero-order valence-electron chi connectivity index (χ0n) is 14.7. The molecule has 0 saturated carbocycles. The Bertz CT molecular complexity index is 1090. The molecule has 0 unspecified atom stereocenters. The molecule has 0 fully saturated rings. The lowest BCUT2D eigenvalue weighted by molar-refractivity contribution is 0.304. The fourth-order valence-electron chi connectivity index (χ4n) is 2.54. The SMILES string of the molecule is N#C/C(=C/c1ccc(OCc2ccc(Br)cc2)c(Br)c1)c1ccc(C#N)cc1. The van der Waals surface area contributed by atoms with Gasteiger partial charge in [0.15, 0.2) is 0 Å². The van der Waals surface area contributed by atoms with E-state index in [-0.39, 0.29) is 0 Å². The van der Waals surface area contributed by atoms with Crippen LogP contribution in [-0.4, -0.2) is 0 Å². The highest BCUT2D eigenvalue weighted by atomic mass is 79.9. The largest absolute Gasteiger partial charge is 0.488 e. The monoisotopic (exact) mass is 492 g/mol. The zero-order valence-corrected chi connectivity index (χ0v) is 17.9. The van der Waals surface area contributed by atoms with Crippen molar-refractivity contribution >= 4 is 43.5 Å². The number of benzene rings is 3. The van der Waals surface area contributed by atoms with Gasteiger partial charge in [0.2, 0.25) is 0 Å². The van der Waals surface area contributed by atoms with Gasteiger partial charge in [-0.15, -0.1) is 0 Å². The van der Waals surface area contributed by atoms with Gasteiger partial charge in [-0.1, -0.05) is 46.3 Å². The molecular weight excluding hydrogens is 480 g/mol. The molecule has 0 N–H and O–H groups in total. The van der Waals surface area contributed by atoms with Crippen LogP contribution < -0.4 is 4.74 Å². The first-order chi connectivity index (χ1) is 13.6. The lowest BCUT2D eigenvalue weighted by atomic mass is 10.0. The summed E-state index contributed by atoms with van der Waals surface area (Å²) in [5.41, 5.74) is 3.82. The summed E-state index contributed by atoms with van der Waals surface area (Å²) in [5.74, 6) is 0.733. The van der Waals surface area contributed by atoms with Crippen LogP contribution in [0.2, 0.25) is 0 Å². The fraction of sp³-hybridized carbons (Fsp3) is 0.0435. The summed E-state index contributed by atoms with van der Waals surface area (Å²) in [7, 11) is 0. The van der Waals surface area contributed by atoms with Crippen LogP contribution in [0.25, 0.3) is 11.6 Å². The van der Waals surface area contributed by atoms with Gasteiger partial charge in [0.1, 0.15) is 12.4 Å². The minimum atomic E-state index is 0.468. The van der Waals surface area contributed by atoms with Crippen LogP contribution in [0.5, 0.6) is 5.75 Å². The summed E-state index contributed by atoms with van der Waals surface area (Å²) in [4.78, 5) is 0. The molecule has 0 aliphatic rings. The quantitative estimate of drug-likeness (QED) is 0.292. The molecule has 0 aromatic heterocycles. The third kappa shape index (κ3) is 5.10. The van der Waals surface area contributed by atoms with E-state index in [2.05, 4.69) is 44.0 Å². The van der Waals surface area contributed by atoms with Gasteiger partial charge in [-0.3, -0.25) is 0 Å². The highest BCUT2D eigenvalue weighted by Crippen LogP contribution is 2.29. The summed E-state index contributed by atoms with van der Waals surface area (Å²) in [6, 6.07) is 24.9. The van der Waals surface area contributed by atoms with Crippen molar-refractivity contribution in [3.8, 4) is 17.9 Å². The number of hydrogen-bond donors (Lipinski definition) is 0. The van der Waals surface area contributed by atoms with E-state index >= 15 is 0 Å². The van der Waals surface area contributed by atoms with Gasteiger partial charge in [-0.2, -0.15) is 10.5 Å². The molecule has 3 nitrogen and oxygen atoms in total. The van der Waals surface area contributed by atoms with Crippen molar-refractivity contribution in [1.29, 1.82) is 10.5 Å². The predicted octanol–water partition coefficient (Wildman–Crippen LogP) is 6.73. The number of allylic oxidation sites excluding steroid dienone is 1. The molecule has 0 atom stereocenters. The average Bonchev–Trinajstić information content (AvgIpc) is 2.72. The number of rotatable bonds is 5. The Morgan fingerprint density at radius 1 is 0.929 bits per heavy atom. The first kappa shape index (κ1) is 19.9. The number of nitrogens with zero attached hydrogens (tertiary/aromatic N) is 2. The second kappa shape index (κ2) is 9.37. The van der Waals surface area contributed by atoms with Crippen LogP contribution in [0.3, 0.4) is 0 Å². The van der Waals surface area contributed by atoms with E-state index in [4.69, 9.17) is 10.00 Å². The van der Waals surface area contributed by atoms with Crippen LogP contribution in [0.15, 0.2) is 75.7 Å². The molecule has 0 heterocycles. The molecule has 0 spiro atoms. The van der Waals surface area contributed by atoms with Crippen molar-refractivity contribution in [1.82, 2.24) is 0 Å². The predicted molar refractivity (Wildman–Crippen MR) is 117 cm³/mol. The normalized spacial score (nSPS) is 10.8. The molecule has 3 aromatic carbocycles. The molecule has 0 aliphatic carbocycles. The van der Waals surface area contributed by atoms with Gasteiger partial charge >= 0.3 is 0 Å². The molecule has 0 radical (unpaired) electrons. The molecule has 0 aliphatic heterocycles. The molecule has 0 amide bonds. The maximum atomic E-state index is 9.50. The van der Waals surface area contributed by atoms with Crippen molar-refractivity contribution in [2.75, 3.05) is 0 Å². The molecule has 3 aromatic rings. The maximum absolute atomic E-state index is 9.50. The van der Waals surface area contributed by atoms with Gasteiger partial charge in [-0.05, 0) is 75.1 Å². The second-order valence-electron chi connectivity index (χ2n) is 5.96. The minimum Gasteiger partial charge on any atom is -0.488 e. The third-order valence-electron chi connectivity index (χ3n) is 4.02. The highest BCUT2D eigenvalue weighted by Gasteiger charge is 2.06. The average molecular weight is 494 g/mol. The van der Waals surface area contributed by atoms with Crippen LogP contribution >= 0.6 is 31.9 Å². The summed E-state index contributed by atoms with van der Waals surface area (Å²) >= 11 is 6.96. The summed E-state index contributed by atoms with van der Waals surface area (Å²) < 4.78 is 7.73. The third-order valence-corrected chi connectivity index (χ3v) is 5.17. The van der Waals surface area contributed by atoms with Crippen molar-refractivity contribution in [2.24, 2.45) is 0 Å². The Labute approximate surface area is 180 Å². The van der Waals surface area contributed by atoms with E-state index in [0.717, 1.165) is 31.4 Å². The number of ether oxygens (including phenoxy) is 1. The molecule has 28 heavy (non-hydrogen) atoms. The smallest absolute Gasteiger partial charge is 0.134 e. The number of halogens is 2. The molecule has 3 rings (SSSR count). The van der Waals surface area contributed by atoms with Crippen molar-refractivity contribution in [3.63, 3.8) is 0 Å². The second-order valence-corrected chi connectivity index (χ2v) is 7.73. The van der Waals surface area contributed by atoms with E-state index in [9.17, 15) is 5.26 Å². The Balaban J connectivity index is 1.76. The van der Waals surface area contributed by atoms with Crippen molar-refractivity contribution in [3.05, 3.63) is 97.9 Å². The lowest BCUT2D eigenvalue weighted by Crippen LogP contribution is -1.96. The van der Waals surface area contributed by atoms with Crippen molar-refractivity contribution < 1.29 is 4.74 Å². The van der Waals surface area contributed by atoms with E-state index < -0.39 is 0 Å². The first-order valence-corrected chi connectivity index (χ1v) is 9.97.